The van der Waals surface area contributed by atoms with Crippen molar-refractivity contribution in [2.75, 3.05) is 5.32 Å². The normalized spacial score (nSPS) is 22.3. The highest BCUT2D eigenvalue weighted by atomic mass is 15.3. The number of hydrogen-bond donors (Lipinski definition) is 1. The van der Waals surface area contributed by atoms with Gasteiger partial charge in [0.1, 0.15) is 0 Å². The van der Waals surface area contributed by atoms with Crippen LogP contribution in [0, 0.1) is 11.8 Å². The third-order valence-corrected chi connectivity index (χ3v) is 4.13. The van der Waals surface area contributed by atoms with Gasteiger partial charge in [-0.3, -0.25) is 0 Å². The monoisotopic (exact) mass is 255 g/mol. The molecule has 1 aromatic heterocycles. The minimum atomic E-state index is 0.615. The molecule has 0 spiro atoms. The van der Waals surface area contributed by atoms with E-state index >= 15 is 0 Å². The Bertz CT molecular complexity index is 525. The van der Waals surface area contributed by atoms with E-state index in [0.29, 0.717) is 6.04 Å². The summed E-state index contributed by atoms with van der Waals surface area (Å²) < 4.78 is 1.92. The van der Waals surface area contributed by atoms with Crippen molar-refractivity contribution in [1.29, 1.82) is 0 Å². The second-order valence-corrected chi connectivity index (χ2v) is 5.78. The maximum absolute atomic E-state index is 4.32. The molecule has 1 heterocycles. The van der Waals surface area contributed by atoms with Gasteiger partial charge in [-0.05, 0) is 42.9 Å². The zero-order valence-corrected chi connectivity index (χ0v) is 11.6. The maximum Gasteiger partial charge on any atom is 0.0876 e. The van der Waals surface area contributed by atoms with Crippen LogP contribution in [0.3, 0.4) is 0 Å². The van der Waals surface area contributed by atoms with Crippen LogP contribution in [0.4, 0.5) is 5.69 Å². The lowest BCUT2D eigenvalue weighted by atomic mass is 9.73. The Morgan fingerprint density at radius 2 is 2.00 bits per heavy atom. The molecule has 0 amide bonds. The molecule has 1 fully saturated rings. The maximum atomic E-state index is 4.32. The van der Waals surface area contributed by atoms with Crippen molar-refractivity contribution in [2.45, 2.75) is 32.7 Å². The molecule has 1 aromatic carbocycles. The number of rotatable bonds is 4. The molecule has 3 nitrogen and oxygen atoms in total. The van der Waals surface area contributed by atoms with Crippen molar-refractivity contribution >= 4 is 5.69 Å². The summed E-state index contributed by atoms with van der Waals surface area (Å²) in [4.78, 5) is 0. The van der Waals surface area contributed by atoms with Gasteiger partial charge in [0.2, 0.25) is 0 Å². The fourth-order valence-electron chi connectivity index (χ4n) is 2.75. The van der Waals surface area contributed by atoms with E-state index in [0.717, 1.165) is 17.5 Å². The minimum Gasteiger partial charge on any atom is -0.381 e. The topological polar surface area (TPSA) is 29.9 Å². The van der Waals surface area contributed by atoms with Gasteiger partial charge in [0.05, 0.1) is 11.4 Å². The zero-order valence-electron chi connectivity index (χ0n) is 11.6. The van der Waals surface area contributed by atoms with Gasteiger partial charge in [-0.25, -0.2) is 4.68 Å². The number of nitrogens with one attached hydrogen (secondary N) is 1. The van der Waals surface area contributed by atoms with Gasteiger partial charge in [-0.1, -0.05) is 26.0 Å². The smallest absolute Gasteiger partial charge is 0.0876 e. The predicted octanol–water partition coefficient (Wildman–Crippen LogP) is 3.72. The molecule has 1 aliphatic carbocycles. The Morgan fingerprint density at radius 1 is 1.21 bits per heavy atom. The summed E-state index contributed by atoms with van der Waals surface area (Å²) in [7, 11) is 0. The second-order valence-electron chi connectivity index (χ2n) is 5.78. The molecule has 1 saturated carbocycles. The summed E-state index contributed by atoms with van der Waals surface area (Å²) in [6.45, 7) is 4.64. The van der Waals surface area contributed by atoms with E-state index in [9.17, 15) is 0 Å². The number of para-hydroxylation sites is 2. The molecular formula is C16H21N3. The summed E-state index contributed by atoms with van der Waals surface area (Å²) >= 11 is 0. The first-order valence-electron chi connectivity index (χ1n) is 7.09. The van der Waals surface area contributed by atoms with Gasteiger partial charge in [0.25, 0.3) is 0 Å². The van der Waals surface area contributed by atoms with Crippen LogP contribution < -0.4 is 5.32 Å². The number of benzene rings is 1. The molecule has 2 aromatic rings. The Balaban J connectivity index is 1.72. The van der Waals surface area contributed by atoms with Crippen molar-refractivity contribution in [3.8, 4) is 5.69 Å². The fraction of sp³-hybridized carbons (Fsp3) is 0.438. The molecule has 0 atom stereocenters. The molecular weight excluding hydrogens is 234 g/mol. The van der Waals surface area contributed by atoms with Crippen LogP contribution in [-0.2, 0) is 0 Å². The third kappa shape index (κ3) is 2.50. The number of hydrogen-bond acceptors (Lipinski definition) is 2. The Hall–Kier alpha value is -1.77. The summed E-state index contributed by atoms with van der Waals surface area (Å²) in [6.07, 6.45) is 6.36. The van der Waals surface area contributed by atoms with Gasteiger partial charge >= 0.3 is 0 Å². The number of nitrogens with zero attached hydrogens (tertiary/aromatic N) is 2. The standard InChI is InChI=1S/C16H21N3/c1-12(2)13-10-14(11-13)18-15-6-3-4-7-16(15)19-9-5-8-17-19/h3-9,12-14,18H,10-11H2,1-2H3. The van der Waals surface area contributed by atoms with Crippen LogP contribution in [0.1, 0.15) is 26.7 Å². The first-order chi connectivity index (χ1) is 9.24. The van der Waals surface area contributed by atoms with Crippen LogP contribution in [-0.4, -0.2) is 15.8 Å². The lowest BCUT2D eigenvalue weighted by molar-refractivity contribution is 0.212. The molecule has 1 aliphatic rings. The van der Waals surface area contributed by atoms with Crippen molar-refractivity contribution in [3.63, 3.8) is 0 Å². The lowest BCUT2D eigenvalue weighted by Gasteiger charge is -2.39. The van der Waals surface area contributed by atoms with E-state index in [1.807, 2.05) is 23.1 Å². The first kappa shape index (κ1) is 12.3. The molecule has 0 saturated heterocycles. The SMILES string of the molecule is CC(C)C1CC(Nc2ccccc2-n2cccn2)C1. The highest BCUT2D eigenvalue weighted by Gasteiger charge is 2.31. The molecule has 19 heavy (non-hydrogen) atoms. The van der Waals surface area contributed by atoms with Gasteiger partial charge in [-0.15, -0.1) is 0 Å². The van der Waals surface area contributed by atoms with Crippen molar-refractivity contribution in [2.24, 2.45) is 11.8 Å². The molecule has 100 valence electrons. The van der Waals surface area contributed by atoms with Crippen molar-refractivity contribution in [3.05, 3.63) is 42.7 Å². The van der Waals surface area contributed by atoms with Crippen molar-refractivity contribution < 1.29 is 0 Å². The third-order valence-electron chi connectivity index (χ3n) is 4.13. The Kier molecular flexibility index (Phi) is 3.28. The van der Waals surface area contributed by atoms with Crippen molar-refractivity contribution in [1.82, 2.24) is 9.78 Å². The number of aromatic nitrogens is 2. The minimum absolute atomic E-state index is 0.615. The van der Waals surface area contributed by atoms with Crippen LogP contribution in [0.15, 0.2) is 42.7 Å². The molecule has 3 heteroatoms. The van der Waals surface area contributed by atoms with Gasteiger partial charge in [0, 0.05) is 18.4 Å². The molecule has 0 unspecified atom stereocenters. The van der Waals surface area contributed by atoms with E-state index in [2.05, 4.69) is 48.5 Å². The van der Waals surface area contributed by atoms with E-state index in [1.54, 1.807) is 0 Å². The molecule has 0 radical (unpaired) electrons. The Labute approximate surface area is 114 Å². The van der Waals surface area contributed by atoms with Gasteiger partial charge < -0.3 is 5.32 Å². The highest BCUT2D eigenvalue weighted by molar-refractivity contribution is 5.61. The van der Waals surface area contributed by atoms with Crippen LogP contribution in [0.5, 0.6) is 0 Å². The summed E-state index contributed by atoms with van der Waals surface area (Å²) in [6, 6.07) is 10.9. The predicted molar refractivity (Wildman–Crippen MR) is 78.5 cm³/mol. The summed E-state index contributed by atoms with van der Waals surface area (Å²) in [5, 5.41) is 7.98. The lowest BCUT2D eigenvalue weighted by Crippen LogP contribution is -2.38. The van der Waals surface area contributed by atoms with Gasteiger partial charge in [-0.2, -0.15) is 5.10 Å². The average Bonchev–Trinajstić information content (AvgIpc) is 2.87. The van der Waals surface area contributed by atoms with Crippen LogP contribution >= 0.6 is 0 Å². The molecule has 1 N–H and O–H groups in total. The quantitative estimate of drug-likeness (QED) is 0.902. The summed E-state index contributed by atoms with van der Waals surface area (Å²) in [5.74, 6) is 1.69. The second kappa shape index (κ2) is 5.08. The van der Waals surface area contributed by atoms with E-state index in [-0.39, 0.29) is 0 Å². The van der Waals surface area contributed by atoms with E-state index < -0.39 is 0 Å². The average molecular weight is 255 g/mol. The van der Waals surface area contributed by atoms with Crippen LogP contribution in [0.2, 0.25) is 0 Å². The zero-order chi connectivity index (χ0) is 13.2. The van der Waals surface area contributed by atoms with E-state index in [1.165, 1.54) is 18.5 Å². The van der Waals surface area contributed by atoms with E-state index in [4.69, 9.17) is 0 Å². The van der Waals surface area contributed by atoms with Crippen LogP contribution in [0.25, 0.3) is 5.69 Å². The largest absolute Gasteiger partial charge is 0.381 e. The Morgan fingerprint density at radius 3 is 2.68 bits per heavy atom. The first-order valence-corrected chi connectivity index (χ1v) is 7.09. The molecule has 0 aliphatic heterocycles. The molecule has 3 rings (SSSR count). The highest BCUT2D eigenvalue weighted by Crippen LogP contribution is 2.36. The number of anilines is 1. The van der Waals surface area contributed by atoms with Gasteiger partial charge in [0.15, 0.2) is 0 Å². The molecule has 0 bridgehead atoms. The summed E-state index contributed by atoms with van der Waals surface area (Å²) in [5.41, 5.74) is 2.30. The fourth-order valence-corrected chi connectivity index (χ4v) is 2.75.